The summed E-state index contributed by atoms with van der Waals surface area (Å²) in [7, 11) is 0. The van der Waals surface area contributed by atoms with Gasteiger partial charge in [0, 0.05) is 25.3 Å². The molecule has 1 saturated heterocycles. The summed E-state index contributed by atoms with van der Waals surface area (Å²) in [5.41, 5.74) is 0.846. The Morgan fingerprint density at radius 1 is 0.919 bits per heavy atom. The molecule has 1 aliphatic rings. The van der Waals surface area contributed by atoms with Crippen LogP contribution in [0.2, 0.25) is 0 Å². The first-order valence-corrected chi connectivity index (χ1v) is 11.6. The zero-order chi connectivity index (χ0) is 27.1. The van der Waals surface area contributed by atoms with E-state index in [0.29, 0.717) is 6.29 Å². The SMILES string of the molecule is CC(=O)O[C@H]1[C@H](Oc2ccc(C=O)cc2C(=O)OCc2ccccc2)O[C@H](C(C)=O)[C@H](C)[C@@H]1OC(C)=O. The van der Waals surface area contributed by atoms with Crippen LogP contribution in [0.1, 0.15) is 54.0 Å². The quantitative estimate of drug-likeness (QED) is 0.281. The minimum atomic E-state index is -1.43. The summed E-state index contributed by atoms with van der Waals surface area (Å²) in [5, 5.41) is 0. The summed E-state index contributed by atoms with van der Waals surface area (Å²) >= 11 is 0. The van der Waals surface area contributed by atoms with E-state index in [-0.39, 0.29) is 29.3 Å². The van der Waals surface area contributed by atoms with Gasteiger partial charge in [0.05, 0.1) is 0 Å². The molecular formula is C27H28O10. The lowest BCUT2D eigenvalue weighted by molar-refractivity contribution is -0.261. The van der Waals surface area contributed by atoms with E-state index in [2.05, 4.69) is 0 Å². The van der Waals surface area contributed by atoms with Crippen molar-refractivity contribution in [2.75, 3.05) is 0 Å². The lowest BCUT2D eigenvalue weighted by Crippen LogP contribution is -2.59. The van der Waals surface area contributed by atoms with Gasteiger partial charge in [-0.05, 0) is 30.7 Å². The Hall–Kier alpha value is -4.05. The molecule has 1 aliphatic heterocycles. The van der Waals surface area contributed by atoms with Crippen LogP contribution in [0.25, 0.3) is 0 Å². The molecule has 2 aromatic carbocycles. The molecule has 1 fully saturated rings. The highest BCUT2D eigenvalue weighted by molar-refractivity contribution is 5.94. The van der Waals surface area contributed by atoms with Gasteiger partial charge in [-0.2, -0.15) is 0 Å². The molecular weight excluding hydrogens is 484 g/mol. The highest BCUT2D eigenvalue weighted by Crippen LogP contribution is 2.34. The van der Waals surface area contributed by atoms with Gasteiger partial charge in [-0.25, -0.2) is 4.79 Å². The molecule has 0 aliphatic carbocycles. The fraction of sp³-hybridized carbons (Fsp3) is 0.370. The van der Waals surface area contributed by atoms with E-state index < -0.39 is 48.4 Å². The Kier molecular flexibility index (Phi) is 9.13. The number of aldehydes is 1. The van der Waals surface area contributed by atoms with E-state index >= 15 is 0 Å². The molecule has 0 unspecified atom stereocenters. The summed E-state index contributed by atoms with van der Waals surface area (Å²) in [4.78, 5) is 60.4. The van der Waals surface area contributed by atoms with Gasteiger partial charge in [0.1, 0.15) is 30.3 Å². The van der Waals surface area contributed by atoms with Crippen molar-refractivity contribution < 1.29 is 47.7 Å². The van der Waals surface area contributed by atoms with Gasteiger partial charge in [0.15, 0.2) is 11.9 Å². The second-order valence-corrected chi connectivity index (χ2v) is 8.60. The van der Waals surface area contributed by atoms with Crippen molar-refractivity contribution in [2.45, 2.75) is 58.9 Å². The third kappa shape index (κ3) is 7.01. The number of hydrogen-bond donors (Lipinski definition) is 0. The zero-order valence-electron chi connectivity index (χ0n) is 20.9. The van der Waals surface area contributed by atoms with Crippen LogP contribution in [0.3, 0.4) is 0 Å². The second kappa shape index (κ2) is 12.3. The number of carbonyl (C=O) groups is 5. The van der Waals surface area contributed by atoms with Gasteiger partial charge in [-0.1, -0.05) is 37.3 Å². The fourth-order valence-corrected chi connectivity index (χ4v) is 4.02. The molecule has 2 aromatic rings. The molecule has 10 heteroatoms. The molecule has 37 heavy (non-hydrogen) atoms. The standard InChI is InChI=1S/C27H28O10/c1-15-23(16(2)29)37-27(25(35-18(4)31)24(15)34-17(3)30)36-22-11-10-20(13-28)12-21(22)26(32)33-14-19-8-6-5-7-9-19/h5-13,15,23-25,27H,14H2,1-4H3/t15-,23-,24-,25+,27+/m0/s1. The largest absolute Gasteiger partial charge is 0.460 e. The number of benzene rings is 2. The second-order valence-electron chi connectivity index (χ2n) is 8.60. The van der Waals surface area contributed by atoms with Crippen LogP contribution < -0.4 is 4.74 Å². The smallest absolute Gasteiger partial charge is 0.342 e. The van der Waals surface area contributed by atoms with Gasteiger partial charge >= 0.3 is 17.9 Å². The lowest BCUT2D eigenvalue weighted by atomic mass is 9.88. The number of ketones is 1. The van der Waals surface area contributed by atoms with Gasteiger partial charge < -0.3 is 23.7 Å². The predicted octanol–water partition coefficient (Wildman–Crippen LogP) is 3.05. The van der Waals surface area contributed by atoms with E-state index in [1.54, 1.807) is 31.2 Å². The van der Waals surface area contributed by atoms with Gasteiger partial charge in [0.25, 0.3) is 0 Å². The Balaban J connectivity index is 1.95. The Bertz CT molecular complexity index is 1160. The first kappa shape index (κ1) is 27.5. The van der Waals surface area contributed by atoms with Crippen LogP contribution >= 0.6 is 0 Å². The van der Waals surface area contributed by atoms with Crippen molar-refractivity contribution in [3.63, 3.8) is 0 Å². The topological polar surface area (TPSA) is 132 Å². The molecule has 0 saturated carbocycles. The minimum absolute atomic E-state index is 0.0289. The molecule has 1 heterocycles. The molecule has 0 radical (unpaired) electrons. The zero-order valence-corrected chi connectivity index (χ0v) is 20.9. The molecule has 0 spiro atoms. The van der Waals surface area contributed by atoms with Crippen molar-refractivity contribution >= 4 is 30.0 Å². The molecule has 196 valence electrons. The molecule has 0 N–H and O–H groups in total. The Labute approximate surface area is 213 Å². The summed E-state index contributed by atoms with van der Waals surface area (Å²) in [6, 6.07) is 13.0. The monoisotopic (exact) mass is 512 g/mol. The highest BCUT2D eigenvalue weighted by atomic mass is 16.7. The van der Waals surface area contributed by atoms with Crippen molar-refractivity contribution in [1.29, 1.82) is 0 Å². The van der Waals surface area contributed by atoms with Crippen LogP contribution in [-0.2, 0) is 39.9 Å². The maximum Gasteiger partial charge on any atom is 0.342 e. The van der Waals surface area contributed by atoms with Crippen molar-refractivity contribution in [2.24, 2.45) is 5.92 Å². The van der Waals surface area contributed by atoms with Gasteiger partial charge in [-0.3, -0.25) is 19.2 Å². The van der Waals surface area contributed by atoms with E-state index in [4.69, 9.17) is 23.7 Å². The maximum atomic E-state index is 13.0. The van der Waals surface area contributed by atoms with Crippen molar-refractivity contribution in [3.05, 3.63) is 65.2 Å². The molecule has 10 nitrogen and oxygen atoms in total. The van der Waals surface area contributed by atoms with Crippen molar-refractivity contribution in [1.82, 2.24) is 0 Å². The summed E-state index contributed by atoms with van der Waals surface area (Å²) in [5.74, 6) is -3.22. The van der Waals surface area contributed by atoms with Crippen LogP contribution in [0, 0.1) is 5.92 Å². The number of hydrogen-bond acceptors (Lipinski definition) is 10. The average Bonchev–Trinajstić information content (AvgIpc) is 2.86. The molecule has 0 aromatic heterocycles. The minimum Gasteiger partial charge on any atom is -0.460 e. The maximum absolute atomic E-state index is 13.0. The number of carbonyl (C=O) groups excluding carboxylic acids is 5. The molecule has 5 atom stereocenters. The Morgan fingerprint density at radius 3 is 2.16 bits per heavy atom. The summed E-state index contributed by atoms with van der Waals surface area (Å²) in [6.45, 7) is 5.25. The summed E-state index contributed by atoms with van der Waals surface area (Å²) < 4.78 is 28.0. The number of ether oxygens (including phenoxy) is 5. The van der Waals surface area contributed by atoms with Gasteiger partial charge in [0.2, 0.25) is 12.4 Å². The van der Waals surface area contributed by atoms with E-state index in [0.717, 1.165) is 12.5 Å². The number of Topliss-reactive ketones (excluding diaryl/α,β-unsaturated/α-hetero) is 1. The lowest BCUT2D eigenvalue weighted by Gasteiger charge is -2.43. The summed E-state index contributed by atoms with van der Waals surface area (Å²) in [6.07, 6.45) is -4.26. The molecule has 0 amide bonds. The number of esters is 3. The first-order chi connectivity index (χ1) is 17.6. The van der Waals surface area contributed by atoms with Crippen LogP contribution in [0.5, 0.6) is 5.75 Å². The predicted molar refractivity (Wildman–Crippen MR) is 128 cm³/mol. The van der Waals surface area contributed by atoms with Crippen LogP contribution in [0.4, 0.5) is 0 Å². The van der Waals surface area contributed by atoms with E-state index in [1.807, 2.05) is 6.07 Å². The molecule has 0 bridgehead atoms. The fourth-order valence-electron chi connectivity index (χ4n) is 4.02. The third-order valence-electron chi connectivity index (χ3n) is 5.69. The number of rotatable bonds is 9. The van der Waals surface area contributed by atoms with Crippen LogP contribution in [0.15, 0.2) is 48.5 Å². The normalized spacial score (nSPS) is 22.9. The van der Waals surface area contributed by atoms with Crippen LogP contribution in [-0.4, -0.2) is 54.6 Å². The van der Waals surface area contributed by atoms with Gasteiger partial charge in [-0.15, -0.1) is 0 Å². The van der Waals surface area contributed by atoms with E-state index in [9.17, 15) is 24.0 Å². The highest BCUT2D eigenvalue weighted by Gasteiger charge is 2.50. The first-order valence-electron chi connectivity index (χ1n) is 11.6. The average molecular weight is 513 g/mol. The third-order valence-corrected chi connectivity index (χ3v) is 5.69. The molecule has 3 rings (SSSR count). The Morgan fingerprint density at radius 2 is 1.57 bits per heavy atom. The van der Waals surface area contributed by atoms with Crippen molar-refractivity contribution in [3.8, 4) is 5.75 Å². The van der Waals surface area contributed by atoms with E-state index in [1.165, 1.54) is 32.0 Å².